The lowest BCUT2D eigenvalue weighted by atomic mass is 10.0. The van der Waals surface area contributed by atoms with Crippen molar-refractivity contribution in [1.29, 1.82) is 0 Å². The SMILES string of the molecule is Cc1cc(Oc2ccc(CCc3ccc(Oc4ccc(N)c(C)c4)cc3)cc2)ccc1N. The summed E-state index contributed by atoms with van der Waals surface area (Å²) in [6.45, 7) is 3.95. The minimum atomic E-state index is 0.771. The van der Waals surface area contributed by atoms with Crippen LogP contribution in [0, 0.1) is 13.8 Å². The number of ether oxygens (including phenoxy) is 2. The number of aryl methyl sites for hydroxylation is 4. The third kappa shape index (κ3) is 5.41. The Bertz CT molecular complexity index is 1100. The quantitative estimate of drug-likeness (QED) is 0.319. The summed E-state index contributed by atoms with van der Waals surface area (Å²) in [5, 5.41) is 0. The number of benzene rings is 4. The smallest absolute Gasteiger partial charge is 0.127 e. The van der Waals surface area contributed by atoms with E-state index in [9.17, 15) is 0 Å². The largest absolute Gasteiger partial charge is 0.457 e. The van der Waals surface area contributed by atoms with Crippen molar-refractivity contribution in [1.82, 2.24) is 0 Å². The summed E-state index contributed by atoms with van der Waals surface area (Å²) in [6.07, 6.45) is 1.91. The van der Waals surface area contributed by atoms with Crippen LogP contribution in [0.1, 0.15) is 22.3 Å². The van der Waals surface area contributed by atoms with Gasteiger partial charge < -0.3 is 20.9 Å². The molecule has 0 fully saturated rings. The molecule has 0 aromatic heterocycles. The van der Waals surface area contributed by atoms with Crippen LogP contribution < -0.4 is 20.9 Å². The number of rotatable bonds is 7. The molecule has 0 amide bonds. The first-order chi connectivity index (χ1) is 15.5. The molecule has 0 atom stereocenters. The molecule has 0 saturated carbocycles. The lowest BCUT2D eigenvalue weighted by Gasteiger charge is -2.10. The summed E-state index contributed by atoms with van der Waals surface area (Å²) in [7, 11) is 0. The maximum absolute atomic E-state index is 5.93. The number of hydrogen-bond donors (Lipinski definition) is 2. The molecular weight excluding hydrogens is 396 g/mol. The first kappa shape index (κ1) is 21.3. The molecule has 0 aliphatic carbocycles. The summed E-state index contributed by atoms with van der Waals surface area (Å²) in [4.78, 5) is 0. The molecule has 4 nitrogen and oxygen atoms in total. The highest BCUT2D eigenvalue weighted by atomic mass is 16.5. The van der Waals surface area contributed by atoms with Gasteiger partial charge in [0.2, 0.25) is 0 Å². The van der Waals surface area contributed by atoms with Crippen LogP contribution in [0.15, 0.2) is 84.9 Å². The Kier molecular flexibility index (Phi) is 6.31. The van der Waals surface area contributed by atoms with Gasteiger partial charge in [-0.05, 0) is 110 Å². The summed E-state index contributed by atoms with van der Waals surface area (Å²) in [5.41, 5.74) is 17.8. The predicted octanol–water partition coefficient (Wildman–Crippen LogP) is 6.84. The fourth-order valence-electron chi connectivity index (χ4n) is 3.43. The highest BCUT2D eigenvalue weighted by Crippen LogP contribution is 2.27. The zero-order valence-corrected chi connectivity index (χ0v) is 18.5. The van der Waals surface area contributed by atoms with Crippen molar-refractivity contribution in [3.63, 3.8) is 0 Å². The molecule has 0 radical (unpaired) electrons. The second kappa shape index (κ2) is 9.48. The predicted molar refractivity (Wildman–Crippen MR) is 132 cm³/mol. The highest BCUT2D eigenvalue weighted by Gasteiger charge is 2.03. The summed E-state index contributed by atoms with van der Waals surface area (Å²) in [6, 6.07) is 27.9. The summed E-state index contributed by atoms with van der Waals surface area (Å²) < 4.78 is 11.9. The average molecular weight is 425 g/mol. The fraction of sp³-hybridized carbons (Fsp3) is 0.143. The van der Waals surface area contributed by atoms with Gasteiger partial charge in [-0.3, -0.25) is 0 Å². The van der Waals surface area contributed by atoms with E-state index >= 15 is 0 Å². The molecule has 0 aliphatic heterocycles. The molecule has 0 spiro atoms. The lowest BCUT2D eigenvalue weighted by Crippen LogP contribution is -1.93. The topological polar surface area (TPSA) is 70.5 Å². The normalized spacial score (nSPS) is 10.7. The first-order valence-electron chi connectivity index (χ1n) is 10.7. The monoisotopic (exact) mass is 424 g/mol. The highest BCUT2D eigenvalue weighted by molar-refractivity contribution is 5.51. The van der Waals surface area contributed by atoms with Gasteiger partial charge in [0.05, 0.1) is 0 Å². The van der Waals surface area contributed by atoms with Gasteiger partial charge in [-0.15, -0.1) is 0 Å². The molecule has 32 heavy (non-hydrogen) atoms. The van der Waals surface area contributed by atoms with Crippen molar-refractivity contribution in [2.24, 2.45) is 0 Å². The van der Waals surface area contributed by atoms with E-state index in [4.69, 9.17) is 20.9 Å². The minimum Gasteiger partial charge on any atom is -0.457 e. The van der Waals surface area contributed by atoms with Crippen LogP contribution in [-0.2, 0) is 12.8 Å². The molecular formula is C28H28N2O2. The summed E-state index contributed by atoms with van der Waals surface area (Å²) >= 11 is 0. The van der Waals surface area contributed by atoms with Crippen LogP contribution in [0.25, 0.3) is 0 Å². The Labute approximate surface area is 189 Å². The van der Waals surface area contributed by atoms with Crippen LogP contribution in [0.5, 0.6) is 23.0 Å². The van der Waals surface area contributed by atoms with Gasteiger partial charge in [0.15, 0.2) is 0 Å². The van der Waals surface area contributed by atoms with E-state index in [1.165, 1.54) is 11.1 Å². The molecule has 4 rings (SSSR count). The summed E-state index contributed by atoms with van der Waals surface area (Å²) in [5.74, 6) is 3.22. The maximum Gasteiger partial charge on any atom is 0.127 e. The van der Waals surface area contributed by atoms with Gasteiger partial charge in [-0.25, -0.2) is 0 Å². The van der Waals surface area contributed by atoms with Crippen LogP contribution >= 0.6 is 0 Å². The lowest BCUT2D eigenvalue weighted by molar-refractivity contribution is 0.481. The minimum absolute atomic E-state index is 0.771. The van der Waals surface area contributed by atoms with Gasteiger partial charge >= 0.3 is 0 Å². The Balaban J connectivity index is 1.31. The molecule has 4 N–H and O–H groups in total. The molecule has 0 heterocycles. The first-order valence-corrected chi connectivity index (χ1v) is 10.7. The van der Waals surface area contributed by atoms with Crippen LogP contribution in [0.2, 0.25) is 0 Å². The molecule has 0 aliphatic rings. The van der Waals surface area contributed by atoms with Crippen molar-refractivity contribution in [2.75, 3.05) is 11.5 Å². The second-order valence-corrected chi connectivity index (χ2v) is 8.03. The molecule has 0 bridgehead atoms. The Morgan fingerprint density at radius 3 is 1.19 bits per heavy atom. The van der Waals surface area contributed by atoms with Crippen LogP contribution in [0.4, 0.5) is 11.4 Å². The average Bonchev–Trinajstić information content (AvgIpc) is 2.79. The Hall–Kier alpha value is -3.92. The third-order valence-electron chi connectivity index (χ3n) is 5.50. The Morgan fingerprint density at radius 1 is 0.500 bits per heavy atom. The van der Waals surface area contributed by atoms with Gasteiger partial charge in [0.25, 0.3) is 0 Å². The zero-order valence-electron chi connectivity index (χ0n) is 18.5. The standard InChI is InChI=1S/C28H28N2O2/c1-19-17-25(13-15-27(19)29)31-23-9-5-21(6-10-23)3-4-22-7-11-24(12-8-22)32-26-14-16-28(30)20(2)18-26/h5-18H,3-4,29-30H2,1-2H3. The van der Waals surface area contributed by atoms with E-state index in [-0.39, 0.29) is 0 Å². The molecule has 162 valence electrons. The van der Waals surface area contributed by atoms with Gasteiger partial charge in [-0.1, -0.05) is 24.3 Å². The molecule has 4 heteroatoms. The van der Waals surface area contributed by atoms with Crippen LogP contribution in [-0.4, -0.2) is 0 Å². The molecule has 0 unspecified atom stereocenters. The molecule has 4 aromatic rings. The number of anilines is 2. The van der Waals surface area contributed by atoms with Crippen molar-refractivity contribution in [3.05, 3.63) is 107 Å². The van der Waals surface area contributed by atoms with E-state index in [1.807, 2.05) is 74.5 Å². The van der Waals surface area contributed by atoms with E-state index in [0.717, 1.165) is 58.3 Å². The van der Waals surface area contributed by atoms with Gasteiger partial charge in [0, 0.05) is 11.4 Å². The van der Waals surface area contributed by atoms with E-state index in [0.29, 0.717) is 0 Å². The van der Waals surface area contributed by atoms with Crippen LogP contribution in [0.3, 0.4) is 0 Å². The fourth-order valence-corrected chi connectivity index (χ4v) is 3.43. The Morgan fingerprint density at radius 2 is 0.844 bits per heavy atom. The van der Waals surface area contributed by atoms with Crippen molar-refractivity contribution < 1.29 is 9.47 Å². The number of nitrogen functional groups attached to an aromatic ring is 2. The van der Waals surface area contributed by atoms with E-state index in [1.54, 1.807) is 0 Å². The zero-order chi connectivity index (χ0) is 22.5. The molecule has 0 saturated heterocycles. The number of hydrogen-bond acceptors (Lipinski definition) is 4. The van der Waals surface area contributed by atoms with Crippen molar-refractivity contribution in [2.45, 2.75) is 26.7 Å². The third-order valence-corrected chi connectivity index (χ3v) is 5.50. The van der Waals surface area contributed by atoms with Gasteiger partial charge in [-0.2, -0.15) is 0 Å². The van der Waals surface area contributed by atoms with Crippen molar-refractivity contribution >= 4 is 11.4 Å². The number of nitrogens with two attached hydrogens (primary N) is 2. The maximum atomic E-state index is 5.93. The van der Waals surface area contributed by atoms with Gasteiger partial charge in [0.1, 0.15) is 23.0 Å². The van der Waals surface area contributed by atoms with E-state index < -0.39 is 0 Å². The second-order valence-electron chi connectivity index (χ2n) is 8.03. The van der Waals surface area contributed by atoms with Crippen molar-refractivity contribution in [3.8, 4) is 23.0 Å². The van der Waals surface area contributed by atoms with E-state index in [2.05, 4.69) is 24.3 Å². The molecule has 4 aromatic carbocycles.